The van der Waals surface area contributed by atoms with Gasteiger partial charge in [-0.15, -0.1) is 0 Å². The van der Waals surface area contributed by atoms with E-state index in [9.17, 15) is 32.3 Å². The molecule has 2 heterocycles. The third-order valence-corrected chi connectivity index (χ3v) is 6.99. The molecular formula is C31H28F4N4O6. The standard InChI is InChI=1S/C31H28F4N4O6/c1-2-44-28-19(13-26(36)40)12-25(39-27(28)17-3-6-20(32)7-4-17)30(42,31(33,34)35)15-37-29(41)18-5-10-22(23-14-43-16-38-23)24(11-18)45-21-8-9-21/h3-7,10-12,14,16,21,42H,2,8-9,13,15H2,1H3,(H2,36,40)(H,37,41)/t30-/m0/s1. The molecule has 2 aromatic heterocycles. The van der Waals surface area contributed by atoms with Gasteiger partial charge in [0.1, 0.15) is 35.0 Å². The van der Waals surface area contributed by atoms with Crippen LogP contribution in [0.15, 0.2) is 65.6 Å². The van der Waals surface area contributed by atoms with Crippen molar-refractivity contribution < 1.29 is 46.1 Å². The van der Waals surface area contributed by atoms with Crippen molar-refractivity contribution in [3.63, 3.8) is 0 Å². The van der Waals surface area contributed by atoms with Crippen LogP contribution in [0, 0.1) is 5.82 Å². The number of alkyl halides is 3. The molecular weight excluding hydrogens is 600 g/mol. The first-order chi connectivity index (χ1) is 21.4. The van der Waals surface area contributed by atoms with E-state index >= 15 is 0 Å². The van der Waals surface area contributed by atoms with E-state index in [2.05, 4.69) is 15.3 Å². The first kappa shape index (κ1) is 31.4. The van der Waals surface area contributed by atoms with Crippen molar-refractivity contribution in [1.29, 1.82) is 0 Å². The molecule has 1 saturated carbocycles. The quantitative estimate of drug-likeness (QED) is 0.191. The van der Waals surface area contributed by atoms with Gasteiger partial charge in [0, 0.05) is 22.3 Å². The van der Waals surface area contributed by atoms with Gasteiger partial charge in [-0.05, 0) is 68.3 Å². The number of rotatable bonds is 12. The second kappa shape index (κ2) is 12.6. The summed E-state index contributed by atoms with van der Waals surface area (Å²) in [5.74, 6) is -2.21. The Morgan fingerprint density at radius 2 is 1.87 bits per heavy atom. The second-order valence-electron chi connectivity index (χ2n) is 10.4. The number of hydrogen-bond acceptors (Lipinski definition) is 8. The number of pyridine rings is 1. The van der Waals surface area contributed by atoms with Crippen LogP contribution in [0.2, 0.25) is 0 Å². The van der Waals surface area contributed by atoms with E-state index < -0.39 is 48.1 Å². The predicted molar refractivity (Wildman–Crippen MR) is 152 cm³/mol. The van der Waals surface area contributed by atoms with Crippen molar-refractivity contribution in [2.75, 3.05) is 13.2 Å². The number of oxazole rings is 1. The Morgan fingerprint density at radius 1 is 1.13 bits per heavy atom. The van der Waals surface area contributed by atoms with Crippen LogP contribution in [-0.4, -0.2) is 52.3 Å². The van der Waals surface area contributed by atoms with E-state index in [0.717, 1.165) is 31.0 Å². The molecule has 4 N–H and O–H groups in total. The Labute approximate surface area is 254 Å². The van der Waals surface area contributed by atoms with Crippen LogP contribution in [0.4, 0.5) is 17.6 Å². The maximum atomic E-state index is 14.6. The lowest BCUT2D eigenvalue weighted by Gasteiger charge is -2.31. The number of halogens is 4. The van der Waals surface area contributed by atoms with E-state index in [1.54, 1.807) is 6.92 Å². The lowest BCUT2D eigenvalue weighted by atomic mass is 9.93. The monoisotopic (exact) mass is 628 g/mol. The maximum Gasteiger partial charge on any atom is 0.424 e. The van der Waals surface area contributed by atoms with Gasteiger partial charge in [0.25, 0.3) is 5.91 Å². The van der Waals surface area contributed by atoms with Gasteiger partial charge in [0.15, 0.2) is 6.39 Å². The van der Waals surface area contributed by atoms with E-state index in [4.69, 9.17) is 19.6 Å². The number of carbonyl (C=O) groups excluding carboxylic acids is 2. The Balaban J connectivity index is 1.52. The molecule has 0 spiro atoms. The predicted octanol–water partition coefficient (Wildman–Crippen LogP) is 4.69. The fourth-order valence-electron chi connectivity index (χ4n) is 4.56. The number of nitrogens with zero attached hydrogens (tertiary/aromatic N) is 2. The highest BCUT2D eigenvalue weighted by atomic mass is 19.4. The van der Waals surface area contributed by atoms with E-state index in [1.165, 1.54) is 43.0 Å². The zero-order valence-electron chi connectivity index (χ0n) is 23.9. The number of primary amides is 1. The number of nitrogens with one attached hydrogen (secondary N) is 1. The summed E-state index contributed by atoms with van der Waals surface area (Å²) >= 11 is 0. The highest BCUT2D eigenvalue weighted by Gasteiger charge is 2.56. The van der Waals surface area contributed by atoms with Crippen molar-refractivity contribution in [2.24, 2.45) is 5.73 Å². The molecule has 45 heavy (non-hydrogen) atoms. The van der Waals surface area contributed by atoms with E-state index in [-0.39, 0.29) is 40.8 Å². The van der Waals surface area contributed by atoms with Gasteiger partial charge in [-0.25, -0.2) is 14.4 Å². The molecule has 0 aliphatic heterocycles. The first-order valence-corrected chi connectivity index (χ1v) is 13.9. The minimum Gasteiger partial charge on any atom is -0.491 e. The second-order valence-corrected chi connectivity index (χ2v) is 10.4. The normalized spacial score (nSPS) is 14.4. The molecule has 2 aromatic carbocycles. The van der Waals surface area contributed by atoms with Crippen LogP contribution in [-0.2, 0) is 16.8 Å². The summed E-state index contributed by atoms with van der Waals surface area (Å²) in [5, 5.41) is 13.3. The number of hydrogen-bond donors (Lipinski definition) is 3. The molecule has 14 heteroatoms. The Hall–Kier alpha value is -4.98. The topological polar surface area (TPSA) is 150 Å². The van der Waals surface area contributed by atoms with Crippen molar-refractivity contribution in [1.82, 2.24) is 15.3 Å². The summed E-state index contributed by atoms with van der Waals surface area (Å²) < 4.78 is 74.2. The fourth-order valence-corrected chi connectivity index (χ4v) is 4.56. The zero-order chi connectivity index (χ0) is 32.4. The molecule has 0 saturated heterocycles. The Kier molecular flexibility index (Phi) is 8.77. The molecule has 10 nitrogen and oxygen atoms in total. The van der Waals surface area contributed by atoms with E-state index in [0.29, 0.717) is 17.0 Å². The summed E-state index contributed by atoms with van der Waals surface area (Å²) in [4.78, 5) is 33.2. The van der Waals surface area contributed by atoms with Crippen molar-refractivity contribution in [3.8, 4) is 34.0 Å². The minimum atomic E-state index is -5.36. The van der Waals surface area contributed by atoms with Crippen LogP contribution in [0.3, 0.4) is 0 Å². The molecule has 0 radical (unpaired) electrons. The number of aromatic nitrogens is 2. The van der Waals surface area contributed by atoms with E-state index in [1.807, 2.05) is 0 Å². The molecule has 5 rings (SSSR count). The third-order valence-electron chi connectivity index (χ3n) is 6.99. The van der Waals surface area contributed by atoms with Gasteiger partial charge in [-0.1, -0.05) is 0 Å². The summed E-state index contributed by atoms with van der Waals surface area (Å²) in [6.07, 6.45) is -1.77. The molecule has 1 fully saturated rings. The molecule has 1 aliphatic carbocycles. The smallest absolute Gasteiger partial charge is 0.424 e. The molecule has 0 bridgehead atoms. The van der Waals surface area contributed by atoms with Gasteiger partial charge < -0.3 is 30.0 Å². The number of ether oxygens (including phenoxy) is 2. The summed E-state index contributed by atoms with van der Waals surface area (Å²) in [7, 11) is 0. The van der Waals surface area contributed by atoms with Crippen LogP contribution in [0.1, 0.15) is 41.4 Å². The SMILES string of the molecule is CCOc1c(CC(N)=O)cc([C@@](O)(CNC(=O)c2ccc(-c3cocn3)c(OC3CC3)c2)C(F)(F)F)nc1-c1ccc(F)cc1. The van der Waals surface area contributed by atoms with Crippen LogP contribution in [0.5, 0.6) is 11.5 Å². The van der Waals surface area contributed by atoms with Crippen LogP contribution >= 0.6 is 0 Å². The number of nitrogens with two attached hydrogens (primary N) is 1. The minimum absolute atomic E-state index is 0.0384. The molecule has 1 atom stereocenters. The van der Waals surface area contributed by atoms with Gasteiger partial charge in [-0.2, -0.15) is 13.2 Å². The average Bonchev–Trinajstić information content (AvgIpc) is 3.64. The first-order valence-electron chi connectivity index (χ1n) is 13.9. The largest absolute Gasteiger partial charge is 0.491 e. The maximum absolute atomic E-state index is 14.6. The average molecular weight is 629 g/mol. The van der Waals surface area contributed by atoms with Crippen LogP contribution < -0.4 is 20.5 Å². The number of benzene rings is 2. The van der Waals surface area contributed by atoms with Crippen molar-refractivity contribution in [2.45, 2.75) is 44.1 Å². The summed E-state index contributed by atoms with van der Waals surface area (Å²) in [6, 6.07) is 9.79. The van der Waals surface area contributed by atoms with Crippen LogP contribution in [0.25, 0.3) is 22.5 Å². The zero-order valence-corrected chi connectivity index (χ0v) is 23.9. The number of amides is 2. The lowest BCUT2D eigenvalue weighted by Crippen LogP contribution is -2.51. The van der Waals surface area contributed by atoms with Gasteiger partial charge >= 0.3 is 6.18 Å². The Bertz CT molecular complexity index is 1690. The highest BCUT2D eigenvalue weighted by molar-refractivity contribution is 5.95. The molecule has 0 unspecified atom stereocenters. The number of aliphatic hydroxyl groups is 1. The van der Waals surface area contributed by atoms with Crippen molar-refractivity contribution >= 4 is 11.8 Å². The Morgan fingerprint density at radius 3 is 2.47 bits per heavy atom. The summed E-state index contributed by atoms with van der Waals surface area (Å²) in [5.41, 5.74) is 1.49. The molecule has 4 aromatic rings. The highest BCUT2D eigenvalue weighted by Crippen LogP contribution is 2.42. The number of carbonyl (C=O) groups is 2. The van der Waals surface area contributed by atoms with Gasteiger partial charge in [0.2, 0.25) is 11.5 Å². The summed E-state index contributed by atoms with van der Waals surface area (Å²) in [6.45, 7) is 0.304. The lowest BCUT2D eigenvalue weighted by molar-refractivity contribution is -0.265. The fraction of sp³-hybridized carbons (Fsp3) is 0.290. The molecule has 2 amide bonds. The molecule has 236 valence electrons. The third kappa shape index (κ3) is 6.90. The molecule has 1 aliphatic rings. The van der Waals surface area contributed by atoms with Gasteiger partial charge in [0.05, 0.1) is 31.4 Å². The van der Waals surface area contributed by atoms with Crippen molar-refractivity contribution in [3.05, 3.63) is 83.8 Å². The van der Waals surface area contributed by atoms with Gasteiger partial charge in [-0.3, -0.25) is 9.59 Å².